The number of halogens is 8. The van der Waals surface area contributed by atoms with Crippen LogP contribution in [0.1, 0.15) is 37.3 Å². The van der Waals surface area contributed by atoms with Crippen LogP contribution >= 0.6 is 0 Å². The topological polar surface area (TPSA) is 18.5 Å². The molecule has 170 valence electrons. The molecule has 0 fully saturated rings. The summed E-state index contributed by atoms with van der Waals surface area (Å²) in [5, 5.41) is 0. The third-order valence-electron chi connectivity index (χ3n) is 4.09. The second-order valence-corrected chi connectivity index (χ2v) is 6.51. The quantitative estimate of drug-likeness (QED) is 0.214. The van der Waals surface area contributed by atoms with Gasteiger partial charge in [0.25, 0.3) is 6.43 Å². The monoisotopic (exact) mass is 454 g/mol. The van der Waals surface area contributed by atoms with E-state index >= 15 is 0 Å². The highest BCUT2D eigenvalue weighted by Crippen LogP contribution is 2.37. The molecule has 2 nitrogen and oxygen atoms in total. The van der Waals surface area contributed by atoms with Crippen LogP contribution in [0.5, 0.6) is 11.5 Å². The van der Waals surface area contributed by atoms with Crippen molar-refractivity contribution in [3.8, 4) is 11.5 Å². The lowest BCUT2D eigenvalue weighted by atomic mass is 10.0. The van der Waals surface area contributed by atoms with Gasteiger partial charge >= 0.3 is 6.11 Å². The molecule has 0 saturated carbocycles. The van der Waals surface area contributed by atoms with Crippen LogP contribution < -0.4 is 9.47 Å². The number of aryl methyl sites for hydroxylation is 1. The summed E-state index contributed by atoms with van der Waals surface area (Å²) in [7, 11) is 0. The van der Waals surface area contributed by atoms with Gasteiger partial charge in [-0.3, -0.25) is 0 Å². The summed E-state index contributed by atoms with van der Waals surface area (Å²) in [6.07, 6.45) is -4.51. The Morgan fingerprint density at radius 3 is 2.00 bits per heavy atom. The third kappa shape index (κ3) is 6.60. The first-order valence-electron chi connectivity index (χ1n) is 9.21. The minimum atomic E-state index is -4.60. The van der Waals surface area contributed by atoms with E-state index in [1.807, 2.05) is 6.92 Å². The van der Waals surface area contributed by atoms with E-state index < -0.39 is 52.9 Å². The van der Waals surface area contributed by atoms with Crippen LogP contribution in [-0.2, 0) is 12.5 Å². The van der Waals surface area contributed by atoms with Crippen LogP contribution in [0.25, 0.3) is 0 Å². The Morgan fingerprint density at radius 2 is 1.48 bits per heavy atom. The Hall–Kier alpha value is -2.78. The molecule has 0 N–H and O–H groups in total. The van der Waals surface area contributed by atoms with Crippen LogP contribution in [-0.4, -0.2) is 6.43 Å². The highest BCUT2D eigenvalue weighted by atomic mass is 19.3. The number of ether oxygens (including phenoxy) is 2. The molecule has 0 saturated heterocycles. The van der Waals surface area contributed by atoms with E-state index in [-0.39, 0.29) is 30.2 Å². The fourth-order valence-electron chi connectivity index (χ4n) is 2.70. The van der Waals surface area contributed by atoms with Crippen LogP contribution in [0.3, 0.4) is 0 Å². The van der Waals surface area contributed by atoms with E-state index in [9.17, 15) is 35.1 Å². The van der Waals surface area contributed by atoms with Gasteiger partial charge in [-0.25, -0.2) is 26.3 Å². The summed E-state index contributed by atoms with van der Waals surface area (Å²) < 4.78 is 118. The molecule has 0 aromatic heterocycles. The second-order valence-electron chi connectivity index (χ2n) is 6.51. The van der Waals surface area contributed by atoms with E-state index in [1.54, 1.807) is 0 Å². The molecule has 0 spiro atoms. The molecule has 0 atom stereocenters. The maximum Gasteiger partial charge on any atom is 0.432 e. The van der Waals surface area contributed by atoms with Crippen molar-refractivity contribution in [1.82, 2.24) is 0 Å². The molecule has 2 aromatic rings. The highest BCUT2D eigenvalue weighted by Gasteiger charge is 2.41. The molecule has 10 heteroatoms. The van der Waals surface area contributed by atoms with Crippen LogP contribution in [0.4, 0.5) is 35.1 Å². The Labute approximate surface area is 173 Å². The zero-order valence-corrected chi connectivity index (χ0v) is 16.2. The zero-order chi connectivity index (χ0) is 23.2. The van der Waals surface area contributed by atoms with Crippen molar-refractivity contribution in [3.05, 3.63) is 71.0 Å². The van der Waals surface area contributed by atoms with Crippen molar-refractivity contribution in [1.29, 1.82) is 0 Å². The molecule has 0 bridgehead atoms. The summed E-state index contributed by atoms with van der Waals surface area (Å²) >= 11 is 0. The average molecular weight is 454 g/mol. The van der Waals surface area contributed by atoms with E-state index in [0.717, 1.165) is 25.0 Å². The van der Waals surface area contributed by atoms with Crippen molar-refractivity contribution < 1.29 is 44.6 Å². The van der Waals surface area contributed by atoms with E-state index in [4.69, 9.17) is 0 Å². The predicted octanol–water partition coefficient (Wildman–Crippen LogP) is 7.26. The first-order chi connectivity index (χ1) is 14.5. The summed E-state index contributed by atoms with van der Waals surface area (Å²) in [6.45, 7) is 1.92. The number of benzene rings is 2. The average Bonchev–Trinajstić information content (AvgIpc) is 2.62. The van der Waals surface area contributed by atoms with Crippen LogP contribution in [0, 0.1) is 23.3 Å². The lowest BCUT2D eigenvalue weighted by Gasteiger charge is -2.20. The molecule has 2 rings (SSSR count). The minimum Gasteiger partial charge on any atom is -0.459 e. The Balaban J connectivity index is 2.25. The number of alkyl halides is 4. The fraction of sp³-hybridized carbons (Fsp3) is 0.333. The molecule has 0 heterocycles. The van der Waals surface area contributed by atoms with Crippen molar-refractivity contribution >= 4 is 0 Å². The maximum absolute atomic E-state index is 14.4. The third-order valence-corrected chi connectivity index (χ3v) is 4.09. The Bertz CT molecular complexity index is 882. The molecule has 0 aliphatic heterocycles. The van der Waals surface area contributed by atoms with Gasteiger partial charge in [0.2, 0.25) is 0 Å². The van der Waals surface area contributed by atoms with Gasteiger partial charge in [0.1, 0.15) is 22.9 Å². The lowest BCUT2D eigenvalue weighted by Crippen LogP contribution is -2.25. The Morgan fingerprint density at radius 1 is 0.903 bits per heavy atom. The van der Waals surface area contributed by atoms with Crippen molar-refractivity contribution in [3.63, 3.8) is 0 Å². The molecule has 0 aliphatic carbocycles. The molecule has 0 unspecified atom stereocenters. The standard InChI is InChI=1S/C21H18F8O2/c1-2-3-4-5-12-8-14(22)19(15(23)9-12)21(28,29)31-13-10-16(24)20(17(25)11-13)30-7-6-18(26)27/h6-11,18H,2-5H2,1H3/b7-6+. The fourth-order valence-corrected chi connectivity index (χ4v) is 2.70. The van der Waals surface area contributed by atoms with Crippen molar-refractivity contribution in [2.75, 3.05) is 0 Å². The second kappa shape index (κ2) is 10.5. The van der Waals surface area contributed by atoms with Gasteiger partial charge < -0.3 is 9.47 Å². The van der Waals surface area contributed by atoms with E-state index in [2.05, 4.69) is 9.47 Å². The van der Waals surface area contributed by atoms with Gasteiger partial charge in [0.05, 0.1) is 6.26 Å². The molecule has 0 aliphatic rings. The van der Waals surface area contributed by atoms with Gasteiger partial charge in [0.15, 0.2) is 17.4 Å². The Kier molecular flexibility index (Phi) is 8.29. The molecule has 2 aromatic carbocycles. The SMILES string of the molecule is CCCCCc1cc(F)c(C(F)(F)Oc2cc(F)c(O/C=C/C(F)F)c(F)c2)c(F)c1. The molecular weight excluding hydrogens is 436 g/mol. The van der Waals surface area contributed by atoms with Gasteiger partial charge in [-0.2, -0.15) is 8.78 Å². The minimum absolute atomic E-state index is 0.179. The molecule has 0 amide bonds. The molecule has 0 radical (unpaired) electrons. The number of allylic oxidation sites excluding steroid dienone is 1. The number of hydrogen-bond donors (Lipinski definition) is 0. The molecular formula is C21H18F8O2. The maximum atomic E-state index is 14.4. The summed E-state index contributed by atoms with van der Waals surface area (Å²) in [6, 6.07) is 2.02. The normalized spacial score (nSPS) is 12.1. The van der Waals surface area contributed by atoms with Gasteiger partial charge in [-0.1, -0.05) is 19.8 Å². The van der Waals surface area contributed by atoms with Crippen molar-refractivity contribution in [2.24, 2.45) is 0 Å². The number of hydrogen-bond acceptors (Lipinski definition) is 2. The zero-order valence-electron chi connectivity index (χ0n) is 16.2. The first kappa shape index (κ1) is 24.5. The summed E-state index contributed by atoms with van der Waals surface area (Å²) in [5.41, 5.74) is -1.54. The van der Waals surface area contributed by atoms with Crippen LogP contribution in [0.15, 0.2) is 36.6 Å². The van der Waals surface area contributed by atoms with Crippen LogP contribution in [0.2, 0.25) is 0 Å². The summed E-state index contributed by atoms with van der Waals surface area (Å²) in [4.78, 5) is 0. The van der Waals surface area contributed by atoms with E-state index in [0.29, 0.717) is 12.7 Å². The van der Waals surface area contributed by atoms with E-state index in [1.165, 1.54) is 0 Å². The smallest absolute Gasteiger partial charge is 0.432 e. The first-order valence-corrected chi connectivity index (χ1v) is 9.21. The largest absolute Gasteiger partial charge is 0.459 e. The lowest BCUT2D eigenvalue weighted by molar-refractivity contribution is -0.189. The predicted molar refractivity (Wildman–Crippen MR) is 96.2 cm³/mol. The van der Waals surface area contributed by atoms with Gasteiger partial charge in [-0.05, 0) is 30.5 Å². The highest BCUT2D eigenvalue weighted by molar-refractivity contribution is 5.36. The summed E-state index contributed by atoms with van der Waals surface area (Å²) in [5.74, 6) is -8.52. The van der Waals surface area contributed by atoms with Crippen molar-refractivity contribution in [2.45, 2.75) is 45.1 Å². The number of rotatable bonds is 10. The van der Waals surface area contributed by atoms with Gasteiger partial charge in [-0.15, -0.1) is 0 Å². The number of unbranched alkanes of at least 4 members (excludes halogenated alkanes) is 2. The van der Waals surface area contributed by atoms with Gasteiger partial charge in [0, 0.05) is 18.2 Å². The molecule has 31 heavy (non-hydrogen) atoms.